The third-order valence-corrected chi connectivity index (χ3v) is 5.61. The van der Waals surface area contributed by atoms with E-state index in [-0.39, 0.29) is 18.1 Å². The quantitative estimate of drug-likeness (QED) is 0.747. The predicted octanol–water partition coefficient (Wildman–Crippen LogP) is 3.13. The number of aryl methyl sites for hydroxylation is 1. The number of halogens is 2. The van der Waals surface area contributed by atoms with Crippen LogP contribution >= 0.6 is 11.6 Å². The second kappa shape index (κ2) is 7.65. The molecular formula is C16H20ClFN2O3S. The van der Waals surface area contributed by atoms with E-state index in [0.29, 0.717) is 18.1 Å². The molecule has 8 heteroatoms. The maximum atomic E-state index is 14.2. The van der Waals surface area contributed by atoms with Gasteiger partial charge in [-0.25, -0.2) is 12.8 Å². The van der Waals surface area contributed by atoms with Gasteiger partial charge in [0.2, 0.25) is 10.0 Å². The molecule has 24 heavy (non-hydrogen) atoms. The van der Waals surface area contributed by atoms with Gasteiger partial charge in [-0.15, -0.1) is 0 Å². The molecule has 0 aliphatic rings. The van der Waals surface area contributed by atoms with Crippen LogP contribution < -0.4 is 0 Å². The van der Waals surface area contributed by atoms with Crippen LogP contribution in [0, 0.1) is 12.7 Å². The molecule has 0 aliphatic heterocycles. The van der Waals surface area contributed by atoms with Crippen LogP contribution in [0.15, 0.2) is 39.6 Å². The van der Waals surface area contributed by atoms with Crippen molar-refractivity contribution in [3.05, 3.63) is 52.7 Å². The Morgan fingerprint density at radius 1 is 1.17 bits per heavy atom. The van der Waals surface area contributed by atoms with Crippen molar-refractivity contribution >= 4 is 21.6 Å². The Kier molecular flexibility index (Phi) is 6.03. The molecular weight excluding hydrogens is 355 g/mol. The van der Waals surface area contributed by atoms with Crippen LogP contribution in [-0.2, 0) is 16.6 Å². The van der Waals surface area contributed by atoms with Gasteiger partial charge in [0.1, 0.15) is 16.4 Å². The van der Waals surface area contributed by atoms with E-state index in [2.05, 4.69) is 0 Å². The molecule has 0 N–H and O–H groups in total. The normalized spacial score (nSPS) is 12.3. The molecule has 0 fully saturated rings. The molecule has 0 radical (unpaired) electrons. The van der Waals surface area contributed by atoms with Gasteiger partial charge in [0.25, 0.3) is 0 Å². The summed E-state index contributed by atoms with van der Waals surface area (Å²) < 4.78 is 46.7. The molecule has 0 saturated heterocycles. The molecule has 132 valence electrons. The molecule has 0 aliphatic carbocycles. The zero-order valence-corrected chi connectivity index (χ0v) is 15.4. The summed E-state index contributed by atoms with van der Waals surface area (Å²) in [4.78, 5) is 1.42. The van der Waals surface area contributed by atoms with Crippen LogP contribution in [0.2, 0.25) is 5.02 Å². The zero-order chi connectivity index (χ0) is 17.9. The SMILES string of the molecule is Cc1ccc(CN(CCN(C)C)S(=O)(=O)c2cccc(Cl)c2F)o1. The minimum Gasteiger partial charge on any atom is -0.465 e. The Labute approximate surface area is 146 Å². The van der Waals surface area contributed by atoms with Gasteiger partial charge in [0.05, 0.1) is 11.6 Å². The maximum absolute atomic E-state index is 14.2. The standard InChI is InChI=1S/C16H20ClFN2O3S/c1-12-7-8-13(23-12)11-20(10-9-19(2)3)24(21,22)15-6-4-5-14(17)16(15)18/h4-8H,9-11H2,1-3H3. The summed E-state index contributed by atoms with van der Waals surface area (Å²) >= 11 is 5.73. The van der Waals surface area contributed by atoms with Gasteiger partial charge in [0, 0.05) is 13.1 Å². The number of sulfonamides is 1. The van der Waals surface area contributed by atoms with Crippen molar-refractivity contribution in [3.63, 3.8) is 0 Å². The highest BCUT2D eigenvalue weighted by Gasteiger charge is 2.29. The van der Waals surface area contributed by atoms with Crippen molar-refractivity contribution in [2.24, 2.45) is 0 Å². The highest BCUT2D eigenvalue weighted by molar-refractivity contribution is 7.89. The monoisotopic (exact) mass is 374 g/mol. The second-order valence-corrected chi connectivity index (χ2v) is 8.02. The topological polar surface area (TPSA) is 53.8 Å². The Bertz CT molecular complexity index is 805. The van der Waals surface area contributed by atoms with Crippen molar-refractivity contribution in [1.82, 2.24) is 9.21 Å². The van der Waals surface area contributed by atoms with Crippen LogP contribution in [0.4, 0.5) is 4.39 Å². The second-order valence-electron chi connectivity index (χ2n) is 5.71. The van der Waals surface area contributed by atoms with Crippen LogP contribution in [0.5, 0.6) is 0 Å². The molecule has 0 atom stereocenters. The Balaban J connectivity index is 2.38. The van der Waals surface area contributed by atoms with E-state index >= 15 is 0 Å². The van der Waals surface area contributed by atoms with Gasteiger partial charge in [0.15, 0.2) is 5.82 Å². The Hall–Kier alpha value is -1.41. The molecule has 5 nitrogen and oxygen atoms in total. The minimum absolute atomic E-state index is 0.0238. The maximum Gasteiger partial charge on any atom is 0.246 e. The lowest BCUT2D eigenvalue weighted by atomic mass is 10.3. The summed E-state index contributed by atoms with van der Waals surface area (Å²) in [6, 6.07) is 7.41. The fourth-order valence-electron chi connectivity index (χ4n) is 2.16. The first-order valence-corrected chi connectivity index (χ1v) is 9.18. The molecule has 0 bridgehead atoms. The first-order chi connectivity index (χ1) is 11.2. The van der Waals surface area contributed by atoms with Gasteiger partial charge in [-0.3, -0.25) is 0 Å². The summed E-state index contributed by atoms with van der Waals surface area (Å²) in [7, 11) is -0.381. The van der Waals surface area contributed by atoms with E-state index in [9.17, 15) is 12.8 Å². The Morgan fingerprint density at radius 2 is 1.88 bits per heavy atom. The number of hydrogen-bond acceptors (Lipinski definition) is 4. The summed E-state index contributed by atoms with van der Waals surface area (Å²) in [5.74, 6) is 0.241. The average molecular weight is 375 g/mol. The van der Waals surface area contributed by atoms with Crippen LogP contribution in [0.25, 0.3) is 0 Å². The van der Waals surface area contributed by atoms with Crippen LogP contribution in [0.1, 0.15) is 11.5 Å². The largest absolute Gasteiger partial charge is 0.465 e. The summed E-state index contributed by atoms with van der Waals surface area (Å²) in [6.45, 7) is 2.48. The number of hydrogen-bond donors (Lipinski definition) is 0. The van der Waals surface area contributed by atoms with Crippen molar-refractivity contribution in [3.8, 4) is 0 Å². The number of furan rings is 1. The van der Waals surface area contributed by atoms with E-state index in [1.807, 2.05) is 19.0 Å². The lowest BCUT2D eigenvalue weighted by Crippen LogP contribution is -2.36. The third-order valence-electron chi connectivity index (χ3n) is 3.46. The molecule has 1 heterocycles. The smallest absolute Gasteiger partial charge is 0.246 e. The van der Waals surface area contributed by atoms with Crippen LogP contribution in [-0.4, -0.2) is 44.8 Å². The van der Waals surface area contributed by atoms with Crippen molar-refractivity contribution < 1.29 is 17.2 Å². The molecule has 0 unspecified atom stereocenters. The molecule has 0 saturated carbocycles. The first-order valence-electron chi connectivity index (χ1n) is 7.36. The number of nitrogens with zero attached hydrogens (tertiary/aromatic N) is 2. The summed E-state index contributed by atoms with van der Waals surface area (Å²) in [5, 5.41) is -0.225. The van der Waals surface area contributed by atoms with E-state index in [1.165, 1.54) is 22.5 Å². The third kappa shape index (κ3) is 4.36. The molecule has 1 aromatic carbocycles. The molecule has 0 amide bonds. The molecule has 1 aromatic heterocycles. The van der Waals surface area contributed by atoms with E-state index < -0.39 is 20.7 Å². The highest BCUT2D eigenvalue weighted by Crippen LogP contribution is 2.26. The van der Waals surface area contributed by atoms with Gasteiger partial charge in [-0.2, -0.15) is 4.31 Å². The summed E-state index contributed by atoms with van der Waals surface area (Å²) in [5.41, 5.74) is 0. The molecule has 2 rings (SSSR count). The molecule has 2 aromatic rings. The van der Waals surface area contributed by atoms with Gasteiger partial charge < -0.3 is 9.32 Å². The van der Waals surface area contributed by atoms with Gasteiger partial charge in [-0.05, 0) is 45.3 Å². The zero-order valence-electron chi connectivity index (χ0n) is 13.8. The number of rotatable bonds is 7. The summed E-state index contributed by atoms with van der Waals surface area (Å²) in [6.07, 6.45) is 0. The van der Waals surface area contributed by atoms with E-state index in [0.717, 1.165) is 0 Å². The lowest BCUT2D eigenvalue weighted by molar-refractivity contribution is 0.309. The van der Waals surface area contributed by atoms with E-state index in [1.54, 1.807) is 19.1 Å². The van der Waals surface area contributed by atoms with Crippen LogP contribution in [0.3, 0.4) is 0 Å². The van der Waals surface area contributed by atoms with Crippen molar-refractivity contribution in [2.45, 2.75) is 18.4 Å². The van der Waals surface area contributed by atoms with Gasteiger partial charge in [-0.1, -0.05) is 17.7 Å². The van der Waals surface area contributed by atoms with Crippen molar-refractivity contribution in [1.29, 1.82) is 0 Å². The fourth-order valence-corrected chi connectivity index (χ4v) is 3.88. The highest BCUT2D eigenvalue weighted by atomic mass is 35.5. The minimum atomic E-state index is -4.05. The average Bonchev–Trinajstić information content (AvgIpc) is 2.91. The fraction of sp³-hybridized carbons (Fsp3) is 0.375. The lowest BCUT2D eigenvalue weighted by Gasteiger charge is -2.23. The van der Waals surface area contributed by atoms with Crippen molar-refractivity contribution in [2.75, 3.05) is 27.2 Å². The van der Waals surface area contributed by atoms with Gasteiger partial charge >= 0.3 is 0 Å². The Morgan fingerprint density at radius 3 is 2.46 bits per heavy atom. The number of likely N-dealkylation sites (N-methyl/N-ethyl adjacent to an activating group) is 1. The molecule has 0 spiro atoms. The predicted molar refractivity (Wildman–Crippen MR) is 91.0 cm³/mol. The number of benzene rings is 1. The first kappa shape index (κ1) is 18.9. The van der Waals surface area contributed by atoms with E-state index in [4.69, 9.17) is 16.0 Å².